The minimum absolute atomic E-state index is 0.336. The van der Waals surface area contributed by atoms with Crippen LogP contribution in [0, 0.1) is 0 Å². The highest BCUT2D eigenvalue weighted by Gasteiger charge is 2.07. The first kappa shape index (κ1) is 19.6. The topological polar surface area (TPSA) is 71.1 Å². The van der Waals surface area contributed by atoms with Crippen molar-refractivity contribution in [2.75, 3.05) is 13.2 Å². The van der Waals surface area contributed by atoms with Gasteiger partial charge in [0.15, 0.2) is 0 Å². The smallest absolute Gasteiger partial charge is 0.293 e. The van der Waals surface area contributed by atoms with Gasteiger partial charge in [-0.25, -0.2) is 9.59 Å². The highest BCUT2D eigenvalue weighted by atomic mass is 17.2. The number of benzene rings is 2. The molecule has 138 valence electrons. The van der Waals surface area contributed by atoms with Crippen molar-refractivity contribution in [1.82, 2.24) is 0 Å². The molecule has 2 rings (SSSR count). The molecule has 0 bridgehead atoms. The van der Waals surface area contributed by atoms with Gasteiger partial charge in [-0.1, -0.05) is 49.2 Å². The van der Waals surface area contributed by atoms with Crippen molar-refractivity contribution in [3.05, 3.63) is 71.8 Å². The van der Waals surface area contributed by atoms with Crippen LogP contribution in [0.3, 0.4) is 0 Å². The molecule has 6 heteroatoms. The van der Waals surface area contributed by atoms with Crippen molar-refractivity contribution in [2.45, 2.75) is 25.7 Å². The van der Waals surface area contributed by atoms with Crippen LogP contribution >= 0.6 is 0 Å². The van der Waals surface area contributed by atoms with Crippen LogP contribution in [-0.2, 0) is 19.6 Å². The maximum atomic E-state index is 11.6. The fraction of sp³-hybridized carbons (Fsp3) is 0.300. The molecular formula is C20H22O6. The van der Waals surface area contributed by atoms with Crippen LogP contribution in [0.5, 0.6) is 0 Å². The minimum atomic E-state index is -0.501. The van der Waals surface area contributed by atoms with Gasteiger partial charge in [-0.15, -0.1) is 0 Å². The molecule has 0 spiro atoms. The van der Waals surface area contributed by atoms with E-state index in [4.69, 9.17) is 19.6 Å². The third-order valence-corrected chi connectivity index (χ3v) is 3.49. The molecular weight excluding hydrogens is 336 g/mol. The molecule has 0 atom stereocenters. The predicted molar refractivity (Wildman–Crippen MR) is 94.1 cm³/mol. The van der Waals surface area contributed by atoms with E-state index >= 15 is 0 Å². The van der Waals surface area contributed by atoms with E-state index in [1.807, 2.05) is 12.1 Å². The van der Waals surface area contributed by atoms with Crippen molar-refractivity contribution in [1.29, 1.82) is 0 Å². The zero-order valence-electron chi connectivity index (χ0n) is 14.5. The van der Waals surface area contributed by atoms with Crippen LogP contribution in [0.25, 0.3) is 0 Å². The summed E-state index contributed by atoms with van der Waals surface area (Å²) in [5.74, 6) is -1.00. The summed E-state index contributed by atoms with van der Waals surface area (Å²) in [5.41, 5.74) is 0.907. The first-order chi connectivity index (χ1) is 12.8. The molecule has 0 saturated carbocycles. The first-order valence-electron chi connectivity index (χ1n) is 8.55. The van der Waals surface area contributed by atoms with Gasteiger partial charge in [-0.05, 0) is 37.1 Å². The molecule has 0 saturated heterocycles. The summed E-state index contributed by atoms with van der Waals surface area (Å²) in [6, 6.07) is 17.3. The Morgan fingerprint density at radius 2 is 0.962 bits per heavy atom. The molecule has 2 aromatic rings. The summed E-state index contributed by atoms with van der Waals surface area (Å²) in [7, 11) is 0. The van der Waals surface area contributed by atoms with Gasteiger partial charge in [-0.2, -0.15) is 9.78 Å². The third kappa shape index (κ3) is 7.46. The van der Waals surface area contributed by atoms with Crippen LogP contribution in [-0.4, -0.2) is 25.2 Å². The predicted octanol–water partition coefficient (Wildman–Crippen LogP) is 4.12. The number of carbonyl (C=O) groups is 2. The Kier molecular flexibility index (Phi) is 8.89. The Morgan fingerprint density at radius 3 is 1.35 bits per heavy atom. The Hall–Kier alpha value is -2.70. The Balaban J connectivity index is 1.41. The zero-order chi connectivity index (χ0) is 18.5. The van der Waals surface area contributed by atoms with Crippen LogP contribution in [0.15, 0.2) is 60.7 Å². The van der Waals surface area contributed by atoms with Gasteiger partial charge in [0.25, 0.3) is 0 Å². The number of rotatable bonds is 11. The Morgan fingerprint density at radius 1 is 0.577 bits per heavy atom. The highest BCUT2D eigenvalue weighted by molar-refractivity contribution is 5.89. The van der Waals surface area contributed by atoms with Crippen molar-refractivity contribution in [2.24, 2.45) is 0 Å². The van der Waals surface area contributed by atoms with Gasteiger partial charge in [0, 0.05) is 0 Å². The van der Waals surface area contributed by atoms with E-state index in [1.54, 1.807) is 48.5 Å². The summed E-state index contributed by atoms with van der Waals surface area (Å²) in [4.78, 5) is 42.5. The van der Waals surface area contributed by atoms with E-state index in [9.17, 15) is 9.59 Å². The lowest BCUT2D eigenvalue weighted by atomic mass is 10.2. The van der Waals surface area contributed by atoms with E-state index in [2.05, 4.69) is 0 Å². The number of unbranched alkanes of at least 4 members (excludes halogenated alkanes) is 3. The minimum Gasteiger partial charge on any atom is -0.293 e. The average molecular weight is 358 g/mol. The standard InChI is InChI=1S/C20H22O6/c21-19(17-11-5-3-6-12-17)25-23-15-9-1-2-10-16-24-26-20(22)18-13-7-4-8-14-18/h3-8,11-14H,1-2,9-10,15-16H2. The van der Waals surface area contributed by atoms with Crippen LogP contribution in [0.4, 0.5) is 0 Å². The number of hydrogen-bond acceptors (Lipinski definition) is 6. The molecule has 2 aromatic carbocycles. The van der Waals surface area contributed by atoms with Crippen molar-refractivity contribution in [3.63, 3.8) is 0 Å². The SMILES string of the molecule is O=C(OOCCCCCCOOC(=O)c1ccccc1)c1ccccc1. The van der Waals surface area contributed by atoms with E-state index in [0.29, 0.717) is 24.3 Å². The second-order valence-corrected chi connectivity index (χ2v) is 5.53. The maximum absolute atomic E-state index is 11.6. The fourth-order valence-electron chi connectivity index (χ4n) is 2.11. The average Bonchev–Trinajstić information content (AvgIpc) is 2.70. The number of carbonyl (C=O) groups excluding carboxylic acids is 2. The van der Waals surface area contributed by atoms with Crippen molar-refractivity contribution in [3.8, 4) is 0 Å². The van der Waals surface area contributed by atoms with E-state index in [0.717, 1.165) is 25.7 Å². The molecule has 0 aliphatic heterocycles. The van der Waals surface area contributed by atoms with Crippen molar-refractivity contribution >= 4 is 11.9 Å². The molecule has 0 fully saturated rings. The van der Waals surface area contributed by atoms with Gasteiger partial charge >= 0.3 is 11.9 Å². The fourth-order valence-corrected chi connectivity index (χ4v) is 2.11. The summed E-state index contributed by atoms with van der Waals surface area (Å²) in [5, 5.41) is 0. The molecule has 0 aromatic heterocycles. The Labute approximate surface area is 152 Å². The summed E-state index contributed by atoms with van der Waals surface area (Å²) < 4.78 is 0. The van der Waals surface area contributed by atoms with Crippen molar-refractivity contribution < 1.29 is 29.1 Å². The van der Waals surface area contributed by atoms with Gasteiger partial charge in [0.05, 0.1) is 24.3 Å². The molecule has 0 heterocycles. The summed E-state index contributed by atoms with van der Waals surface area (Å²) in [6.07, 6.45) is 3.29. The molecule has 0 aliphatic rings. The van der Waals surface area contributed by atoms with Crippen LogP contribution in [0.1, 0.15) is 46.4 Å². The largest absolute Gasteiger partial charge is 0.373 e. The van der Waals surface area contributed by atoms with Crippen LogP contribution < -0.4 is 0 Å². The van der Waals surface area contributed by atoms with Gasteiger partial charge in [0.2, 0.25) is 0 Å². The second-order valence-electron chi connectivity index (χ2n) is 5.53. The van der Waals surface area contributed by atoms with E-state index in [-0.39, 0.29) is 0 Å². The molecule has 0 N–H and O–H groups in total. The lowest BCUT2D eigenvalue weighted by Gasteiger charge is -2.05. The lowest BCUT2D eigenvalue weighted by Crippen LogP contribution is -2.07. The summed E-state index contributed by atoms with van der Waals surface area (Å²) >= 11 is 0. The molecule has 26 heavy (non-hydrogen) atoms. The maximum Gasteiger partial charge on any atom is 0.373 e. The molecule has 0 amide bonds. The summed E-state index contributed by atoms with van der Waals surface area (Å²) in [6.45, 7) is 0.671. The Bertz CT molecular complexity index is 597. The normalized spacial score (nSPS) is 10.3. The van der Waals surface area contributed by atoms with E-state index < -0.39 is 11.9 Å². The zero-order valence-corrected chi connectivity index (χ0v) is 14.5. The monoisotopic (exact) mass is 358 g/mol. The van der Waals surface area contributed by atoms with Gasteiger partial charge in [-0.3, -0.25) is 9.78 Å². The number of hydrogen-bond donors (Lipinski definition) is 0. The third-order valence-electron chi connectivity index (χ3n) is 3.49. The highest BCUT2D eigenvalue weighted by Crippen LogP contribution is 2.05. The van der Waals surface area contributed by atoms with E-state index in [1.165, 1.54) is 0 Å². The molecule has 0 aliphatic carbocycles. The van der Waals surface area contributed by atoms with Gasteiger partial charge < -0.3 is 0 Å². The molecule has 0 unspecified atom stereocenters. The lowest BCUT2D eigenvalue weighted by molar-refractivity contribution is -0.243. The van der Waals surface area contributed by atoms with Crippen LogP contribution in [0.2, 0.25) is 0 Å². The molecule has 6 nitrogen and oxygen atoms in total. The first-order valence-corrected chi connectivity index (χ1v) is 8.55. The second kappa shape index (κ2) is 11.8. The quantitative estimate of drug-likeness (QED) is 0.342. The van der Waals surface area contributed by atoms with Gasteiger partial charge in [0.1, 0.15) is 0 Å². The molecule has 0 radical (unpaired) electrons.